The molecular weight excluding hydrogens is 268 g/mol. The smallest absolute Gasteiger partial charge is 0.244 e. The zero-order valence-electron chi connectivity index (χ0n) is 10.8. The summed E-state index contributed by atoms with van der Waals surface area (Å²) in [6.45, 7) is 2.43. The number of nitrogen functional groups attached to an aromatic ring is 1. The van der Waals surface area contributed by atoms with Crippen LogP contribution in [0.2, 0.25) is 0 Å². The Bertz CT molecular complexity index is 566. The first kappa shape index (κ1) is 13.9. The summed E-state index contributed by atoms with van der Waals surface area (Å²) in [5, 5.41) is 3.95. The highest BCUT2D eigenvalue weighted by Crippen LogP contribution is 2.18. The Morgan fingerprint density at radius 3 is 2.84 bits per heavy atom. The monoisotopic (exact) mass is 286 g/mol. The molecule has 1 aliphatic heterocycles. The number of rotatable bonds is 4. The average molecular weight is 286 g/mol. The Morgan fingerprint density at radius 2 is 2.37 bits per heavy atom. The van der Waals surface area contributed by atoms with Gasteiger partial charge in [-0.3, -0.25) is 9.48 Å². The topological polar surface area (TPSA) is 98.3 Å². The molecule has 8 heteroatoms. The van der Waals surface area contributed by atoms with Gasteiger partial charge in [0.1, 0.15) is 12.4 Å². The first-order valence-corrected chi connectivity index (χ1v) is 8.02. The molecule has 0 aromatic carbocycles. The van der Waals surface area contributed by atoms with Gasteiger partial charge in [-0.1, -0.05) is 0 Å². The SMILES string of the molecule is CCN(C(=O)Cn1ccc(N)n1)C1CCS(=O)(=O)C1. The number of nitrogens with zero attached hydrogens (tertiary/aromatic N) is 3. The second-order valence-corrected chi connectivity index (χ2v) is 6.90. The second-order valence-electron chi connectivity index (χ2n) is 4.67. The number of amides is 1. The second kappa shape index (κ2) is 5.20. The Hall–Kier alpha value is -1.57. The molecule has 0 radical (unpaired) electrons. The van der Waals surface area contributed by atoms with Crippen LogP contribution >= 0.6 is 0 Å². The van der Waals surface area contributed by atoms with Crippen molar-refractivity contribution in [2.24, 2.45) is 0 Å². The van der Waals surface area contributed by atoms with Crippen molar-refractivity contribution in [2.45, 2.75) is 25.9 Å². The van der Waals surface area contributed by atoms with Gasteiger partial charge in [0.25, 0.3) is 0 Å². The van der Waals surface area contributed by atoms with Gasteiger partial charge in [-0.25, -0.2) is 8.42 Å². The van der Waals surface area contributed by atoms with Crippen LogP contribution in [0.15, 0.2) is 12.3 Å². The molecule has 1 aromatic rings. The zero-order chi connectivity index (χ0) is 14.0. The number of hydrogen-bond donors (Lipinski definition) is 1. The third-order valence-electron chi connectivity index (χ3n) is 3.27. The van der Waals surface area contributed by atoms with E-state index in [4.69, 9.17) is 5.73 Å². The lowest BCUT2D eigenvalue weighted by atomic mass is 10.2. The molecule has 0 aliphatic carbocycles. The molecule has 1 fully saturated rings. The number of hydrogen-bond acceptors (Lipinski definition) is 5. The van der Waals surface area contributed by atoms with E-state index >= 15 is 0 Å². The largest absolute Gasteiger partial charge is 0.382 e. The molecule has 1 amide bonds. The van der Waals surface area contributed by atoms with Gasteiger partial charge in [0.2, 0.25) is 5.91 Å². The minimum absolute atomic E-state index is 0.0633. The maximum absolute atomic E-state index is 12.2. The van der Waals surface area contributed by atoms with Gasteiger partial charge in [-0.15, -0.1) is 0 Å². The molecule has 2 rings (SSSR count). The van der Waals surface area contributed by atoms with E-state index in [0.29, 0.717) is 18.8 Å². The molecular formula is C11H18N4O3S. The predicted octanol–water partition coefficient (Wildman–Crippen LogP) is -0.499. The van der Waals surface area contributed by atoms with E-state index in [1.165, 1.54) is 4.68 Å². The molecule has 1 aromatic heterocycles. The van der Waals surface area contributed by atoms with Crippen LogP contribution in [0.25, 0.3) is 0 Å². The van der Waals surface area contributed by atoms with Gasteiger partial charge in [-0.2, -0.15) is 5.10 Å². The molecule has 2 heterocycles. The normalized spacial score (nSPS) is 21.4. The third-order valence-corrected chi connectivity index (χ3v) is 5.02. The molecule has 106 valence electrons. The Morgan fingerprint density at radius 1 is 1.63 bits per heavy atom. The van der Waals surface area contributed by atoms with Crippen LogP contribution in [0.3, 0.4) is 0 Å². The van der Waals surface area contributed by atoms with Gasteiger partial charge in [-0.05, 0) is 19.4 Å². The summed E-state index contributed by atoms with van der Waals surface area (Å²) in [7, 11) is -2.99. The molecule has 7 nitrogen and oxygen atoms in total. The van der Waals surface area contributed by atoms with Crippen LogP contribution < -0.4 is 5.73 Å². The van der Waals surface area contributed by atoms with Crippen LogP contribution in [0.4, 0.5) is 5.82 Å². The summed E-state index contributed by atoms with van der Waals surface area (Å²) in [4.78, 5) is 13.8. The Kier molecular flexibility index (Phi) is 3.79. The summed E-state index contributed by atoms with van der Waals surface area (Å²) in [5.74, 6) is 0.455. The average Bonchev–Trinajstić information content (AvgIpc) is 2.86. The lowest BCUT2D eigenvalue weighted by Gasteiger charge is -2.26. The van der Waals surface area contributed by atoms with Crippen LogP contribution in [0.1, 0.15) is 13.3 Å². The first-order chi connectivity index (χ1) is 8.91. The van der Waals surface area contributed by atoms with Crippen molar-refractivity contribution in [3.63, 3.8) is 0 Å². The van der Waals surface area contributed by atoms with Crippen LogP contribution in [0, 0.1) is 0 Å². The fraction of sp³-hybridized carbons (Fsp3) is 0.636. The van der Waals surface area contributed by atoms with Crippen molar-refractivity contribution in [1.82, 2.24) is 14.7 Å². The molecule has 19 heavy (non-hydrogen) atoms. The van der Waals surface area contributed by atoms with E-state index in [0.717, 1.165) is 0 Å². The lowest BCUT2D eigenvalue weighted by molar-refractivity contribution is -0.133. The fourth-order valence-corrected chi connectivity index (χ4v) is 4.08. The summed E-state index contributed by atoms with van der Waals surface area (Å²) >= 11 is 0. The van der Waals surface area contributed by atoms with Gasteiger partial charge in [0, 0.05) is 18.8 Å². The van der Waals surface area contributed by atoms with E-state index in [2.05, 4.69) is 5.10 Å². The van der Waals surface area contributed by atoms with Gasteiger partial charge in [0.05, 0.1) is 11.5 Å². The van der Waals surface area contributed by atoms with E-state index in [1.54, 1.807) is 17.2 Å². The lowest BCUT2D eigenvalue weighted by Crippen LogP contribution is -2.42. The van der Waals surface area contributed by atoms with E-state index in [1.807, 2.05) is 6.92 Å². The maximum Gasteiger partial charge on any atom is 0.244 e. The Balaban J connectivity index is 2.03. The van der Waals surface area contributed by atoms with Crippen LogP contribution in [-0.2, 0) is 21.2 Å². The van der Waals surface area contributed by atoms with Gasteiger partial charge >= 0.3 is 0 Å². The minimum atomic E-state index is -2.99. The summed E-state index contributed by atoms with van der Waals surface area (Å²) in [6.07, 6.45) is 2.15. The predicted molar refractivity (Wildman–Crippen MR) is 71.1 cm³/mol. The molecule has 1 aliphatic rings. The van der Waals surface area contributed by atoms with Gasteiger partial charge in [0.15, 0.2) is 9.84 Å². The highest BCUT2D eigenvalue weighted by atomic mass is 32.2. The van der Waals surface area contributed by atoms with Crippen molar-refractivity contribution < 1.29 is 13.2 Å². The molecule has 1 unspecified atom stereocenters. The van der Waals surface area contributed by atoms with Crippen molar-refractivity contribution in [2.75, 3.05) is 23.8 Å². The van der Waals surface area contributed by atoms with Crippen molar-refractivity contribution in [1.29, 1.82) is 0 Å². The molecule has 1 atom stereocenters. The number of nitrogens with two attached hydrogens (primary N) is 1. The summed E-state index contributed by atoms with van der Waals surface area (Å²) in [6, 6.07) is 1.40. The van der Waals surface area contributed by atoms with Crippen LogP contribution in [0.5, 0.6) is 0 Å². The first-order valence-electron chi connectivity index (χ1n) is 6.20. The van der Waals surface area contributed by atoms with Crippen LogP contribution in [-0.4, -0.2) is 53.1 Å². The highest BCUT2D eigenvalue weighted by Gasteiger charge is 2.33. The van der Waals surface area contributed by atoms with E-state index in [-0.39, 0.29) is 30.0 Å². The number of likely N-dealkylation sites (N-methyl/N-ethyl adjacent to an activating group) is 1. The fourth-order valence-electron chi connectivity index (χ4n) is 2.35. The molecule has 2 N–H and O–H groups in total. The van der Waals surface area contributed by atoms with E-state index < -0.39 is 9.84 Å². The number of anilines is 1. The number of aromatic nitrogens is 2. The van der Waals surface area contributed by atoms with Gasteiger partial charge < -0.3 is 10.6 Å². The quantitative estimate of drug-likeness (QED) is 0.804. The molecule has 0 bridgehead atoms. The van der Waals surface area contributed by atoms with Crippen molar-refractivity contribution in [3.8, 4) is 0 Å². The molecule has 0 spiro atoms. The molecule has 1 saturated heterocycles. The third kappa shape index (κ3) is 3.25. The van der Waals surface area contributed by atoms with E-state index in [9.17, 15) is 13.2 Å². The number of carbonyl (C=O) groups excluding carboxylic acids is 1. The maximum atomic E-state index is 12.2. The Labute approximate surface area is 112 Å². The zero-order valence-corrected chi connectivity index (χ0v) is 11.6. The summed E-state index contributed by atoms with van der Waals surface area (Å²) in [5.41, 5.74) is 5.48. The van der Waals surface area contributed by atoms with Crippen molar-refractivity contribution in [3.05, 3.63) is 12.3 Å². The number of sulfone groups is 1. The number of carbonyl (C=O) groups is 1. The minimum Gasteiger partial charge on any atom is -0.382 e. The summed E-state index contributed by atoms with van der Waals surface area (Å²) < 4.78 is 24.4. The highest BCUT2D eigenvalue weighted by molar-refractivity contribution is 7.91. The molecule has 0 saturated carbocycles. The standard InChI is InChI=1S/C11H18N4O3S/c1-2-15(9-4-6-19(17,18)8-9)11(16)7-14-5-3-10(12)13-14/h3,5,9H,2,4,6-8H2,1H3,(H2,12,13). The van der Waals surface area contributed by atoms with Crippen molar-refractivity contribution >= 4 is 21.6 Å².